The fourth-order valence-electron chi connectivity index (χ4n) is 2.21. The number of nitrogens with two attached hydrogens (primary N) is 1. The van der Waals surface area contributed by atoms with E-state index < -0.39 is 0 Å². The average molecular weight is 235 g/mol. The number of nitrogens with zero attached hydrogens (tertiary/aromatic N) is 2. The first kappa shape index (κ1) is 12.3. The standard InChI is InChI=1S/C13H21N3O/c1-3-6-16-8-12(17-9-10(16)2)11-4-5-13(14)15-7-11/h4-5,7,10,12H,3,6,8-9H2,1-2H3,(H2,14,15). The third-order valence-corrected chi connectivity index (χ3v) is 3.25. The maximum atomic E-state index is 5.87. The second-order valence-electron chi connectivity index (χ2n) is 4.68. The van der Waals surface area contributed by atoms with Crippen molar-refractivity contribution in [2.75, 3.05) is 25.4 Å². The highest BCUT2D eigenvalue weighted by Crippen LogP contribution is 2.24. The summed E-state index contributed by atoms with van der Waals surface area (Å²) in [6.07, 6.45) is 3.13. The van der Waals surface area contributed by atoms with Gasteiger partial charge in [0.15, 0.2) is 0 Å². The number of nitrogen functional groups attached to an aromatic ring is 1. The van der Waals surface area contributed by atoms with Crippen LogP contribution in [-0.2, 0) is 4.74 Å². The van der Waals surface area contributed by atoms with E-state index in [1.54, 1.807) is 0 Å². The Morgan fingerprint density at radius 2 is 2.35 bits per heavy atom. The third kappa shape index (κ3) is 2.96. The summed E-state index contributed by atoms with van der Waals surface area (Å²) in [6, 6.07) is 4.35. The van der Waals surface area contributed by atoms with E-state index in [1.807, 2.05) is 18.3 Å². The van der Waals surface area contributed by atoms with Crippen LogP contribution in [0.15, 0.2) is 18.3 Å². The van der Waals surface area contributed by atoms with Gasteiger partial charge in [0.1, 0.15) is 5.82 Å². The van der Waals surface area contributed by atoms with Crippen LogP contribution in [0.5, 0.6) is 0 Å². The van der Waals surface area contributed by atoms with E-state index in [0.717, 1.165) is 25.3 Å². The van der Waals surface area contributed by atoms with Crippen LogP contribution in [0.25, 0.3) is 0 Å². The van der Waals surface area contributed by atoms with Crippen LogP contribution in [0, 0.1) is 0 Å². The number of morpholine rings is 1. The van der Waals surface area contributed by atoms with Crippen molar-refractivity contribution in [1.29, 1.82) is 0 Å². The van der Waals surface area contributed by atoms with Gasteiger partial charge in [-0.1, -0.05) is 13.0 Å². The zero-order chi connectivity index (χ0) is 12.3. The SMILES string of the molecule is CCCN1CC(c2ccc(N)nc2)OCC1C. The average Bonchev–Trinajstić information content (AvgIpc) is 2.33. The van der Waals surface area contributed by atoms with E-state index >= 15 is 0 Å². The van der Waals surface area contributed by atoms with Crippen LogP contribution < -0.4 is 5.73 Å². The van der Waals surface area contributed by atoms with Crippen LogP contribution in [0.2, 0.25) is 0 Å². The maximum absolute atomic E-state index is 5.87. The number of anilines is 1. The van der Waals surface area contributed by atoms with Gasteiger partial charge in [-0.15, -0.1) is 0 Å². The summed E-state index contributed by atoms with van der Waals surface area (Å²) in [4.78, 5) is 6.60. The van der Waals surface area contributed by atoms with Gasteiger partial charge in [0, 0.05) is 24.3 Å². The summed E-state index contributed by atoms with van der Waals surface area (Å²) in [7, 11) is 0. The van der Waals surface area contributed by atoms with E-state index in [0.29, 0.717) is 11.9 Å². The van der Waals surface area contributed by atoms with Crippen molar-refractivity contribution in [2.45, 2.75) is 32.4 Å². The lowest BCUT2D eigenvalue weighted by Crippen LogP contribution is -2.45. The van der Waals surface area contributed by atoms with Crippen LogP contribution in [0.1, 0.15) is 31.9 Å². The van der Waals surface area contributed by atoms with E-state index in [2.05, 4.69) is 23.7 Å². The minimum Gasteiger partial charge on any atom is -0.384 e. The van der Waals surface area contributed by atoms with Crippen molar-refractivity contribution in [3.8, 4) is 0 Å². The second kappa shape index (κ2) is 5.47. The van der Waals surface area contributed by atoms with E-state index in [1.165, 1.54) is 6.42 Å². The van der Waals surface area contributed by atoms with Gasteiger partial charge < -0.3 is 10.5 Å². The molecule has 0 radical (unpaired) electrons. The minimum atomic E-state index is 0.130. The lowest BCUT2D eigenvalue weighted by atomic mass is 10.1. The molecule has 1 aliphatic heterocycles. The van der Waals surface area contributed by atoms with Gasteiger partial charge in [-0.05, 0) is 26.0 Å². The molecule has 0 amide bonds. The molecule has 0 aliphatic carbocycles. The number of aromatic nitrogens is 1. The predicted molar refractivity (Wildman–Crippen MR) is 68.7 cm³/mol. The maximum Gasteiger partial charge on any atom is 0.123 e. The fraction of sp³-hybridized carbons (Fsp3) is 0.615. The summed E-state index contributed by atoms with van der Waals surface area (Å²) in [6.45, 7) is 7.29. The normalized spacial score (nSPS) is 26.0. The molecule has 0 saturated carbocycles. The third-order valence-electron chi connectivity index (χ3n) is 3.25. The summed E-state index contributed by atoms with van der Waals surface area (Å²) in [5.41, 5.74) is 6.71. The Kier molecular flexibility index (Phi) is 3.97. The molecular formula is C13H21N3O. The molecule has 4 nitrogen and oxygen atoms in total. The molecule has 17 heavy (non-hydrogen) atoms. The quantitative estimate of drug-likeness (QED) is 0.868. The Hall–Kier alpha value is -1.13. The van der Waals surface area contributed by atoms with Gasteiger partial charge in [0.25, 0.3) is 0 Å². The highest BCUT2D eigenvalue weighted by molar-refractivity contribution is 5.30. The zero-order valence-corrected chi connectivity index (χ0v) is 10.6. The van der Waals surface area contributed by atoms with Crippen LogP contribution in [-0.4, -0.2) is 35.6 Å². The fourth-order valence-corrected chi connectivity index (χ4v) is 2.21. The molecule has 0 spiro atoms. The largest absolute Gasteiger partial charge is 0.384 e. The van der Waals surface area contributed by atoms with Crippen molar-refractivity contribution in [3.05, 3.63) is 23.9 Å². The molecule has 0 bridgehead atoms. The lowest BCUT2D eigenvalue weighted by molar-refractivity contribution is -0.0599. The van der Waals surface area contributed by atoms with Crippen molar-refractivity contribution in [3.63, 3.8) is 0 Å². The smallest absolute Gasteiger partial charge is 0.123 e. The summed E-state index contributed by atoms with van der Waals surface area (Å²) < 4.78 is 5.87. The summed E-state index contributed by atoms with van der Waals surface area (Å²) in [5.74, 6) is 0.559. The molecule has 2 atom stereocenters. The molecular weight excluding hydrogens is 214 g/mol. The van der Waals surface area contributed by atoms with Crippen molar-refractivity contribution in [1.82, 2.24) is 9.88 Å². The topological polar surface area (TPSA) is 51.4 Å². The molecule has 1 aliphatic rings. The Bertz CT molecular complexity index is 352. The number of hydrogen-bond acceptors (Lipinski definition) is 4. The molecule has 94 valence electrons. The zero-order valence-electron chi connectivity index (χ0n) is 10.6. The van der Waals surface area contributed by atoms with E-state index in [4.69, 9.17) is 10.5 Å². The number of ether oxygens (including phenoxy) is 1. The van der Waals surface area contributed by atoms with Crippen molar-refractivity contribution >= 4 is 5.82 Å². The molecule has 2 N–H and O–H groups in total. The van der Waals surface area contributed by atoms with Gasteiger partial charge >= 0.3 is 0 Å². The van der Waals surface area contributed by atoms with Crippen LogP contribution >= 0.6 is 0 Å². The van der Waals surface area contributed by atoms with E-state index in [-0.39, 0.29) is 6.10 Å². The predicted octanol–water partition coefficient (Wildman–Crippen LogP) is 1.84. The van der Waals surface area contributed by atoms with Gasteiger partial charge in [-0.3, -0.25) is 4.90 Å². The van der Waals surface area contributed by atoms with Crippen molar-refractivity contribution < 1.29 is 4.74 Å². The highest BCUT2D eigenvalue weighted by atomic mass is 16.5. The molecule has 1 aromatic heterocycles. The monoisotopic (exact) mass is 235 g/mol. The first-order chi connectivity index (χ1) is 8.20. The number of hydrogen-bond donors (Lipinski definition) is 1. The molecule has 2 heterocycles. The van der Waals surface area contributed by atoms with Gasteiger partial charge in [0.05, 0.1) is 12.7 Å². The Balaban J connectivity index is 2.04. The first-order valence-electron chi connectivity index (χ1n) is 6.27. The van der Waals surface area contributed by atoms with Gasteiger partial charge in [0.2, 0.25) is 0 Å². The minimum absolute atomic E-state index is 0.130. The molecule has 2 rings (SSSR count). The van der Waals surface area contributed by atoms with Gasteiger partial charge in [-0.25, -0.2) is 4.98 Å². The molecule has 1 aromatic rings. The number of pyridine rings is 1. The molecule has 4 heteroatoms. The highest BCUT2D eigenvalue weighted by Gasteiger charge is 2.26. The Morgan fingerprint density at radius 1 is 1.53 bits per heavy atom. The van der Waals surface area contributed by atoms with Crippen LogP contribution in [0.4, 0.5) is 5.82 Å². The van der Waals surface area contributed by atoms with E-state index in [9.17, 15) is 0 Å². The first-order valence-corrected chi connectivity index (χ1v) is 6.27. The lowest BCUT2D eigenvalue weighted by Gasteiger charge is -2.38. The molecule has 0 aromatic carbocycles. The summed E-state index contributed by atoms with van der Waals surface area (Å²) >= 11 is 0. The van der Waals surface area contributed by atoms with Crippen LogP contribution in [0.3, 0.4) is 0 Å². The number of rotatable bonds is 3. The molecule has 1 fully saturated rings. The Labute approximate surface area is 103 Å². The van der Waals surface area contributed by atoms with Crippen molar-refractivity contribution in [2.24, 2.45) is 0 Å². The Morgan fingerprint density at radius 3 is 3.00 bits per heavy atom. The second-order valence-corrected chi connectivity index (χ2v) is 4.68. The van der Waals surface area contributed by atoms with Gasteiger partial charge in [-0.2, -0.15) is 0 Å². The molecule has 1 saturated heterocycles. The molecule has 2 unspecified atom stereocenters. The summed E-state index contributed by atoms with van der Waals surface area (Å²) in [5, 5.41) is 0.